The molecule has 2 rings (SSSR count). The molecule has 0 bridgehead atoms. The molecule has 0 radical (unpaired) electrons. The fourth-order valence-electron chi connectivity index (χ4n) is 2.04. The predicted molar refractivity (Wildman–Crippen MR) is 73.9 cm³/mol. The van der Waals surface area contributed by atoms with Gasteiger partial charge in [0.15, 0.2) is 4.75 Å². The molecule has 0 aromatic heterocycles. The third kappa shape index (κ3) is 2.97. The van der Waals surface area contributed by atoms with Gasteiger partial charge in [-0.1, -0.05) is 36.9 Å². The van der Waals surface area contributed by atoms with Crippen LogP contribution in [0.1, 0.15) is 31.7 Å². The molecule has 114 valence electrons. The second kappa shape index (κ2) is 5.44. The molecule has 0 fully saturated rings. The van der Waals surface area contributed by atoms with Crippen LogP contribution >= 0.6 is 11.8 Å². The van der Waals surface area contributed by atoms with E-state index in [1.54, 1.807) is 19.1 Å². The third-order valence-corrected chi connectivity index (χ3v) is 4.72. The Balaban J connectivity index is 2.14. The molecule has 0 unspecified atom stereocenters. The highest BCUT2D eigenvalue weighted by Gasteiger charge is 2.60. The van der Waals surface area contributed by atoms with Crippen molar-refractivity contribution in [2.24, 2.45) is 4.99 Å². The number of carbonyl (C=O) groups excluding carboxylic acids is 1. The Bertz CT molecular complexity index is 599. The van der Waals surface area contributed by atoms with Crippen LogP contribution in [0.4, 0.5) is 17.6 Å². The van der Waals surface area contributed by atoms with Crippen LogP contribution in [0.3, 0.4) is 0 Å². The summed E-state index contributed by atoms with van der Waals surface area (Å²) in [6.07, 6.45) is -4.57. The first-order chi connectivity index (χ1) is 9.65. The van der Waals surface area contributed by atoms with Crippen molar-refractivity contribution in [1.29, 1.82) is 0 Å². The van der Waals surface area contributed by atoms with E-state index >= 15 is 0 Å². The van der Waals surface area contributed by atoms with Gasteiger partial charge >= 0.3 is 6.18 Å². The van der Waals surface area contributed by atoms with Gasteiger partial charge in [-0.2, -0.15) is 13.2 Å². The zero-order valence-electron chi connectivity index (χ0n) is 11.4. The third-order valence-electron chi connectivity index (χ3n) is 3.41. The molecular formula is C14H13F4NOS. The Morgan fingerprint density at radius 2 is 1.95 bits per heavy atom. The number of rotatable bonds is 3. The molecule has 2 nitrogen and oxygen atoms in total. The van der Waals surface area contributed by atoms with Crippen LogP contribution in [0.15, 0.2) is 29.3 Å². The van der Waals surface area contributed by atoms with Gasteiger partial charge in [-0.3, -0.25) is 4.79 Å². The summed E-state index contributed by atoms with van der Waals surface area (Å²) < 4.78 is 49.9. The van der Waals surface area contributed by atoms with Gasteiger partial charge in [0, 0.05) is 6.42 Å². The van der Waals surface area contributed by atoms with Crippen molar-refractivity contribution < 1.29 is 22.4 Å². The van der Waals surface area contributed by atoms with Crippen molar-refractivity contribution in [2.75, 3.05) is 0 Å². The number of carbonyl (C=O) groups is 1. The van der Waals surface area contributed by atoms with Crippen LogP contribution in [0.25, 0.3) is 0 Å². The fraction of sp³-hybridized carbons (Fsp3) is 0.429. The molecule has 1 aromatic rings. The predicted octanol–water partition coefficient (Wildman–Crippen LogP) is 4.31. The molecule has 0 N–H and O–H groups in total. The monoisotopic (exact) mass is 319 g/mol. The lowest BCUT2D eigenvalue weighted by atomic mass is 9.98. The standard InChI is InChI=1S/C14H13F4NOS/c1-8(9-5-3-4-6-10(9)15)7-11-19-12(20)13(2,21-11)14(16,17)18/h3-6,8H,7H2,1-2H3/t8-,13+/m1/s1. The molecule has 1 aliphatic heterocycles. The fourth-order valence-corrected chi connectivity index (χ4v) is 3.22. The van der Waals surface area contributed by atoms with Crippen LogP contribution < -0.4 is 0 Å². The number of halogens is 4. The van der Waals surface area contributed by atoms with Gasteiger partial charge in [0.1, 0.15) is 5.82 Å². The average Bonchev–Trinajstić information content (AvgIpc) is 2.65. The van der Waals surface area contributed by atoms with E-state index in [4.69, 9.17) is 0 Å². The lowest BCUT2D eigenvalue weighted by Crippen LogP contribution is -2.43. The summed E-state index contributed by atoms with van der Waals surface area (Å²) in [6, 6.07) is 6.06. The minimum atomic E-state index is -4.67. The molecule has 1 aromatic carbocycles. The SMILES string of the molecule is C[C@H](CC1=NC(=O)[C@@](C)(C(F)(F)F)S1)c1ccccc1F. The van der Waals surface area contributed by atoms with E-state index in [2.05, 4.69) is 4.99 Å². The molecule has 0 saturated carbocycles. The Labute approximate surface area is 123 Å². The molecule has 7 heteroatoms. The smallest absolute Gasteiger partial charge is 0.271 e. The van der Waals surface area contributed by atoms with Gasteiger partial charge in [0.25, 0.3) is 5.91 Å². The number of benzene rings is 1. The number of amides is 1. The van der Waals surface area contributed by atoms with Gasteiger partial charge in [-0.15, -0.1) is 0 Å². The summed E-state index contributed by atoms with van der Waals surface area (Å²) in [5, 5.41) is 0.0931. The number of hydrogen-bond donors (Lipinski definition) is 0. The highest BCUT2D eigenvalue weighted by Crippen LogP contribution is 2.47. The topological polar surface area (TPSA) is 29.4 Å². The van der Waals surface area contributed by atoms with Crippen LogP contribution in [0.2, 0.25) is 0 Å². The zero-order chi connectivity index (χ0) is 15.8. The van der Waals surface area contributed by atoms with Crippen LogP contribution in [-0.2, 0) is 4.79 Å². The van der Waals surface area contributed by atoms with Gasteiger partial charge in [-0.25, -0.2) is 9.38 Å². The van der Waals surface area contributed by atoms with Crippen molar-refractivity contribution in [3.8, 4) is 0 Å². The molecule has 0 spiro atoms. The maximum absolute atomic E-state index is 13.6. The quantitative estimate of drug-likeness (QED) is 0.777. The Kier molecular flexibility index (Phi) is 4.15. The van der Waals surface area contributed by atoms with Crippen molar-refractivity contribution >= 4 is 22.7 Å². The molecule has 1 heterocycles. The van der Waals surface area contributed by atoms with Gasteiger partial charge < -0.3 is 0 Å². The molecule has 1 aliphatic rings. The molecular weight excluding hydrogens is 306 g/mol. The summed E-state index contributed by atoms with van der Waals surface area (Å²) in [7, 11) is 0. The van der Waals surface area contributed by atoms with Crippen molar-refractivity contribution in [2.45, 2.75) is 37.1 Å². The zero-order valence-corrected chi connectivity index (χ0v) is 12.2. The number of alkyl halides is 3. The van der Waals surface area contributed by atoms with Gasteiger partial charge in [-0.05, 0) is 24.5 Å². The number of aliphatic imine (C=N–C) groups is 1. The number of hydrogen-bond acceptors (Lipinski definition) is 2. The summed E-state index contributed by atoms with van der Waals surface area (Å²) in [5.74, 6) is -1.98. The number of nitrogens with zero attached hydrogens (tertiary/aromatic N) is 1. The molecule has 0 saturated heterocycles. The molecule has 2 atom stereocenters. The van der Waals surface area contributed by atoms with Crippen LogP contribution in [-0.4, -0.2) is 21.9 Å². The largest absolute Gasteiger partial charge is 0.412 e. The summed E-state index contributed by atoms with van der Waals surface area (Å²) in [4.78, 5) is 15.0. The number of thioether (sulfide) groups is 1. The first kappa shape index (κ1) is 16.0. The van der Waals surface area contributed by atoms with E-state index in [1.165, 1.54) is 12.1 Å². The maximum atomic E-state index is 13.6. The second-order valence-electron chi connectivity index (χ2n) is 5.07. The Morgan fingerprint density at radius 1 is 1.33 bits per heavy atom. The van der Waals surface area contributed by atoms with Crippen molar-refractivity contribution in [1.82, 2.24) is 0 Å². The first-order valence-electron chi connectivity index (χ1n) is 6.27. The van der Waals surface area contributed by atoms with E-state index in [9.17, 15) is 22.4 Å². The lowest BCUT2D eigenvalue weighted by molar-refractivity contribution is -0.165. The Hall–Kier alpha value is -1.37. The van der Waals surface area contributed by atoms with E-state index in [0.29, 0.717) is 17.3 Å². The highest BCUT2D eigenvalue weighted by atomic mass is 32.2. The van der Waals surface area contributed by atoms with E-state index in [1.807, 2.05) is 0 Å². The minimum absolute atomic E-state index is 0.0931. The first-order valence-corrected chi connectivity index (χ1v) is 7.09. The highest BCUT2D eigenvalue weighted by molar-refractivity contribution is 8.16. The van der Waals surface area contributed by atoms with Gasteiger partial charge in [0.05, 0.1) is 5.04 Å². The molecule has 1 amide bonds. The normalized spacial score (nSPS) is 24.1. The van der Waals surface area contributed by atoms with Crippen molar-refractivity contribution in [3.63, 3.8) is 0 Å². The lowest BCUT2D eigenvalue weighted by Gasteiger charge is -2.23. The molecule has 21 heavy (non-hydrogen) atoms. The van der Waals surface area contributed by atoms with Crippen LogP contribution in [0, 0.1) is 5.82 Å². The average molecular weight is 319 g/mol. The van der Waals surface area contributed by atoms with Crippen molar-refractivity contribution in [3.05, 3.63) is 35.6 Å². The summed E-state index contributed by atoms with van der Waals surface area (Å²) in [5.41, 5.74) is 0.397. The molecule has 0 aliphatic carbocycles. The Morgan fingerprint density at radius 3 is 2.48 bits per heavy atom. The van der Waals surface area contributed by atoms with E-state index < -0.39 is 22.6 Å². The van der Waals surface area contributed by atoms with E-state index in [-0.39, 0.29) is 17.4 Å². The summed E-state index contributed by atoms with van der Waals surface area (Å²) in [6.45, 7) is 2.51. The van der Waals surface area contributed by atoms with Crippen LogP contribution in [0.5, 0.6) is 0 Å². The van der Waals surface area contributed by atoms with Gasteiger partial charge in [0.2, 0.25) is 0 Å². The summed E-state index contributed by atoms with van der Waals surface area (Å²) >= 11 is 0.410. The second-order valence-corrected chi connectivity index (χ2v) is 6.56. The van der Waals surface area contributed by atoms with E-state index in [0.717, 1.165) is 6.92 Å². The minimum Gasteiger partial charge on any atom is -0.271 e. The maximum Gasteiger partial charge on any atom is 0.412 e.